The highest BCUT2D eigenvalue weighted by molar-refractivity contribution is 5.94. The summed E-state index contributed by atoms with van der Waals surface area (Å²) < 4.78 is 19.0. The Morgan fingerprint density at radius 2 is 2.20 bits per heavy atom. The van der Waals surface area contributed by atoms with E-state index in [0.29, 0.717) is 23.7 Å². The number of hydrogen-bond acceptors (Lipinski definition) is 3. The van der Waals surface area contributed by atoms with E-state index < -0.39 is 0 Å². The number of nitrogens with zero attached hydrogens (tertiary/aromatic N) is 2. The van der Waals surface area contributed by atoms with Crippen molar-refractivity contribution in [2.45, 2.75) is 45.4 Å². The molecule has 1 unspecified atom stereocenters. The van der Waals surface area contributed by atoms with Gasteiger partial charge >= 0.3 is 0 Å². The van der Waals surface area contributed by atoms with Crippen LogP contribution in [0.25, 0.3) is 0 Å². The zero-order chi connectivity index (χ0) is 17.6. The maximum Gasteiger partial charge on any atom is 0.259 e. The largest absolute Gasteiger partial charge is 0.361 e. The van der Waals surface area contributed by atoms with E-state index in [0.717, 1.165) is 50.8 Å². The van der Waals surface area contributed by atoms with Crippen LogP contribution >= 0.6 is 0 Å². The van der Waals surface area contributed by atoms with Crippen molar-refractivity contribution >= 4 is 5.91 Å². The van der Waals surface area contributed by atoms with Crippen molar-refractivity contribution in [2.75, 3.05) is 13.1 Å². The molecule has 1 aliphatic heterocycles. The summed E-state index contributed by atoms with van der Waals surface area (Å²) in [6, 6.07) is 6.94. The average molecular weight is 344 g/mol. The fourth-order valence-corrected chi connectivity index (χ4v) is 3.56. The summed E-state index contributed by atoms with van der Waals surface area (Å²) in [4.78, 5) is 14.7. The molecular weight excluding hydrogens is 319 g/mol. The average Bonchev–Trinajstić information content (AvgIpc) is 3.09. The first-order valence-corrected chi connectivity index (χ1v) is 9.15. The molecule has 0 aliphatic carbocycles. The minimum absolute atomic E-state index is 0.0142. The van der Waals surface area contributed by atoms with Gasteiger partial charge in [0.1, 0.15) is 17.1 Å². The lowest BCUT2D eigenvalue weighted by Crippen LogP contribution is -2.40. The Kier molecular flexibility index (Phi) is 5.84. The zero-order valence-corrected chi connectivity index (χ0v) is 14.7. The lowest BCUT2D eigenvalue weighted by atomic mass is 9.91. The molecule has 1 aromatic carbocycles. The van der Waals surface area contributed by atoms with E-state index in [1.54, 1.807) is 6.07 Å². The molecule has 134 valence electrons. The van der Waals surface area contributed by atoms with Crippen molar-refractivity contribution in [3.05, 3.63) is 53.2 Å². The Morgan fingerprint density at radius 3 is 3.00 bits per heavy atom. The van der Waals surface area contributed by atoms with E-state index in [9.17, 15) is 9.18 Å². The number of likely N-dealkylation sites (tertiary alicyclic amines) is 1. The van der Waals surface area contributed by atoms with Gasteiger partial charge in [-0.15, -0.1) is 0 Å². The first-order chi connectivity index (χ1) is 12.2. The normalized spacial score (nSPS) is 17.7. The highest BCUT2D eigenvalue weighted by Crippen LogP contribution is 2.24. The molecule has 1 fully saturated rings. The third kappa shape index (κ3) is 4.27. The van der Waals surface area contributed by atoms with E-state index >= 15 is 0 Å². The van der Waals surface area contributed by atoms with Gasteiger partial charge in [0, 0.05) is 19.5 Å². The van der Waals surface area contributed by atoms with Crippen molar-refractivity contribution in [2.24, 2.45) is 5.92 Å². The van der Waals surface area contributed by atoms with Gasteiger partial charge in [0.15, 0.2) is 0 Å². The van der Waals surface area contributed by atoms with E-state index in [1.807, 2.05) is 17.0 Å². The van der Waals surface area contributed by atoms with Crippen molar-refractivity contribution < 1.29 is 13.7 Å². The number of carbonyl (C=O) groups is 1. The molecular formula is C20H25FN2O2. The highest BCUT2D eigenvalue weighted by Gasteiger charge is 2.27. The van der Waals surface area contributed by atoms with Crippen LogP contribution in [-0.2, 0) is 12.8 Å². The summed E-state index contributed by atoms with van der Waals surface area (Å²) in [6.45, 7) is 3.55. The maximum absolute atomic E-state index is 13.8. The van der Waals surface area contributed by atoms with Crippen LogP contribution in [0, 0.1) is 11.7 Å². The standard InChI is InChI=1S/C20H25FN2O2/c1-2-6-19-17(13-22-25-19)20(24)23-12-5-7-15(14-23)10-11-16-8-3-4-9-18(16)21/h3-4,8-9,13,15H,2,5-7,10-12,14H2,1H3. The summed E-state index contributed by atoms with van der Waals surface area (Å²) in [7, 11) is 0. The fraction of sp³-hybridized carbons (Fsp3) is 0.500. The van der Waals surface area contributed by atoms with Crippen molar-refractivity contribution in [3.63, 3.8) is 0 Å². The Bertz CT molecular complexity index is 713. The van der Waals surface area contributed by atoms with Crippen LogP contribution in [-0.4, -0.2) is 29.1 Å². The van der Waals surface area contributed by atoms with Crippen LogP contribution in [0.5, 0.6) is 0 Å². The molecule has 1 amide bonds. The number of benzene rings is 1. The van der Waals surface area contributed by atoms with Gasteiger partial charge in [-0.25, -0.2) is 4.39 Å². The second-order valence-electron chi connectivity index (χ2n) is 6.80. The Morgan fingerprint density at radius 1 is 1.36 bits per heavy atom. The van der Waals surface area contributed by atoms with Crippen LogP contribution in [0.2, 0.25) is 0 Å². The summed E-state index contributed by atoms with van der Waals surface area (Å²) in [5, 5.41) is 3.80. The number of aryl methyl sites for hydroxylation is 2. The van der Waals surface area contributed by atoms with Gasteiger partial charge in [0.05, 0.1) is 6.20 Å². The second kappa shape index (κ2) is 8.28. The SMILES string of the molecule is CCCc1oncc1C(=O)N1CCCC(CCc2ccccc2F)C1. The predicted molar refractivity (Wildman–Crippen MR) is 93.8 cm³/mol. The van der Waals surface area contributed by atoms with Gasteiger partial charge in [-0.2, -0.15) is 0 Å². The number of halogens is 1. The number of piperidine rings is 1. The van der Waals surface area contributed by atoms with Crippen LogP contribution in [0.1, 0.15) is 54.3 Å². The molecule has 1 aromatic heterocycles. The summed E-state index contributed by atoms with van der Waals surface area (Å²) >= 11 is 0. The lowest BCUT2D eigenvalue weighted by Gasteiger charge is -2.32. The third-order valence-electron chi connectivity index (χ3n) is 4.94. The molecule has 2 heterocycles. The number of amides is 1. The van der Waals surface area contributed by atoms with E-state index in [-0.39, 0.29) is 11.7 Å². The first-order valence-electron chi connectivity index (χ1n) is 9.15. The molecule has 0 spiro atoms. The lowest BCUT2D eigenvalue weighted by molar-refractivity contribution is 0.0666. The monoisotopic (exact) mass is 344 g/mol. The van der Waals surface area contributed by atoms with E-state index in [4.69, 9.17) is 4.52 Å². The van der Waals surface area contributed by atoms with Gasteiger partial charge in [0.2, 0.25) is 0 Å². The Balaban J connectivity index is 1.60. The summed E-state index contributed by atoms with van der Waals surface area (Å²) in [5.74, 6) is 0.966. The highest BCUT2D eigenvalue weighted by atomic mass is 19.1. The van der Waals surface area contributed by atoms with Gasteiger partial charge in [0.25, 0.3) is 5.91 Å². The quantitative estimate of drug-likeness (QED) is 0.787. The van der Waals surface area contributed by atoms with Crippen LogP contribution in [0.4, 0.5) is 4.39 Å². The van der Waals surface area contributed by atoms with Crippen LogP contribution in [0.3, 0.4) is 0 Å². The number of hydrogen-bond donors (Lipinski definition) is 0. The number of rotatable bonds is 6. The van der Waals surface area contributed by atoms with Crippen LogP contribution < -0.4 is 0 Å². The summed E-state index contributed by atoms with van der Waals surface area (Å²) in [6.07, 6.45) is 6.87. The molecule has 25 heavy (non-hydrogen) atoms. The molecule has 0 saturated carbocycles. The smallest absolute Gasteiger partial charge is 0.259 e. The molecule has 0 N–H and O–H groups in total. The van der Waals surface area contributed by atoms with Crippen molar-refractivity contribution in [1.29, 1.82) is 0 Å². The third-order valence-corrected chi connectivity index (χ3v) is 4.94. The van der Waals surface area contributed by atoms with Crippen molar-refractivity contribution in [3.8, 4) is 0 Å². The second-order valence-corrected chi connectivity index (χ2v) is 6.80. The van der Waals surface area contributed by atoms with Crippen LogP contribution in [0.15, 0.2) is 35.0 Å². The molecule has 1 aliphatic rings. The van der Waals surface area contributed by atoms with E-state index in [1.165, 1.54) is 12.3 Å². The number of carbonyl (C=O) groups excluding carboxylic acids is 1. The van der Waals surface area contributed by atoms with E-state index in [2.05, 4.69) is 12.1 Å². The van der Waals surface area contributed by atoms with Crippen molar-refractivity contribution in [1.82, 2.24) is 10.1 Å². The van der Waals surface area contributed by atoms with Gasteiger partial charge in [-0.1, -0.05) is 30.3 Å². The van der Waals surface area contributed by atoms with Gasteiger partial charge in [-0.3, -0.25) is 4.79 Å². The molecule has 4 nitrogen and oxygen atoms in total. The fourth-order valence-electron chi connectivity index (χ4n) is 3.56. The topological polar surface area (TPSA) is 46.3 Å². The molecule has 2 aromatic rings. The maximum atomic E-state index is 13.8. The number of aromatic nitrogens is 1. The molecule has 0 radical (unpaired) electrons. The molecule has 5 heteroatoms. The Labute approximate surface area is 148 Å². The summed E-state index contributed by atoms with van der Waals surface area (Å²) in [5.41, 5.74) is 1.35. The van der Waals surface area contributed by atoms with Gasteiger partial charge in [-0.05, 0) is 49.7 Å². The predicted octanol–water partition coefficient (Wildman–Crippen LogP) is 4.25. The minimum atomic E-state index is -0.139. The Hall–Kier alpha value is -2.17. The molecule has 1 atom stereocenters. The first kappa shape index (κ1) is 17.6. The molecule has 0 bridgehead atoms. The minimum Gasteiger partial charge on any atom is -0.361 e. The molecule has 1 saturated heterocycles. The molecule has 3 rings (SSSR count). The zero-order valence-electron chi connectivity index (χ0n) is 14.7. The van der Waals surface area contributed by atoms with Gasteiger partial charge < -0.3 is 9.42 Å².